The van der Waals surface area contributed by atoms with Crippen LogP contribution < -0.4 is 0 Å². The van der Waals surface area contributed by atoms with Gasteiger partial charge in [0.25, 0.3) is 0 Å². The van der Waals surface area contributed by atoms with Crippen LogP contribution >= 0.6 is 7.82 Å². The van der Waals surface area contributed by atoms with Crippen molar-refractivity contribution in [1.82, 2.24) is 0 Å². The lowest BCUT2D eigenvalue weighted by Crippen LogP contribution is -2.30. The Labute approximate surface area is 477 Å². The molecule has 78 heavy (non-hydrogen) atoms. The largest absolute Gasteiger partial charge is 0.472 e. The average molecular weight is 1120 g/mol. The summed E-state index contributed by atoms with van der Waals surface area (Å²) >= 11 is 0. The summed E-state index contributed by atoms with van der Waals surface area (Å²) in [5, 5.41) is 9.82. The third-order valence-corrected chi connectivity index (χ3v) is 14.2. The Balaban J connectivity index is 4.75. The zero-order chi connectivity index (χ0) is 56.9. The molecule has 0 rings (SSSR count). The van der Waals surface area contributed by atoms with Gasteiger partial charge in [-0.25, -0.2) is 4.57 Å². The quantitative estimate of drug-likeness (QED) is 0.0197. The van der Waals surface area contributed by atoms with Gasteiger partial charge in [0.2, 0.25) is 0 Å². The SMILES string of the molecule is CC/C=C\C/C=C\C/C=C\CCCCCC(=O)OC(CO)COP(=O)(O)OCC(COC(=O)CCCCCCCCCCC/C=C\CCCCCCCC)OC(=O)CCCCCCCC/C=C\C/C=C\C/C=C\CCCCC. The van der Waals surface area contributed by atoms with Gasteiger partial charge in [0.15, 0.2) is 6.10 Å². The van der Waals surface area contributed by atoms with Crippen LogP contribution in [0.25, 0.3) is 0 Å². The summed E-state index contributed by atoms with van der Waals surface area (Å²) in [5.74, 6) is -1.51. The van der Waals surface area contributed by atoms with Crippen LogP contribution in [0, 0.1) is 0 Å². The zero-order valence-corrected chi connectivity index (χ0v) is 50.8. The number of hydrogen-bond acceptors (Lipinski definition) is 10. The van der Waals surface area contributed by atoms with Crippen LogP contribution in [0.3, 0.4) is 0 Å². The molecule has 3 unspecified atom stereocenters. The van der Waals surface area contributed by atoms with Gasteiger partial charge in [-0.15, -0.1) is 0 Å². The van der Waals surface area contributed by atoms with Crippen molar-refractivity contribution in [1.29, 1.82) is 0 Å². The maximum Gasteiger partial charge on any atom is 0.472 e. The van der Waals surface area contributed by atoms with Gasteiger partial charge >= 0.3 is 25.7 Å². The molecule has 0 radical (unpaired) electrons. The minimum absolute atomic E-state index is 0.139. The van der Waals surface area contributed by atoms with Crippen molar-refractivity contribution in [2.45, 2.75) is 290 Å². The van der Waals surface area contributed by atoms with E-state index in [0.29, 0.717) is 19.3 Å². The van der Waals surface area contributed by atoms with Crippen molar-refractivity contribution in [3.8, 4) is 0 Å². The molecule has 0 aliphatic heterocycles. The van der Waals surface area contributed by atoms with E-state index in [2.05, 4.69) is 106 Å². The van der Waals surface area contributed by atoms with Crippen LogP contribution in [-0.4, -0.2) is 66.5 Å². The number of esters is 3. The smallest absolute Gasteiger partial charge is 0.462 e. The molecular weight excluding hydrogens is 1000 g/mol. The molecule has 0 spiro atoms. The van der Waals surface area contributed by atoms with Gasteiger partial charge in [0.05, 0.1) is 19.8 Å². The molecule has 0 bridgehead atoms. The minimum Gasteiger partial charge on any atom is -0.462 e. The molecule has 450 valence electrons. The fourth-order valence-corrected chi connectivity index (χ4v) is 9.27. The van der Waals surface area contributed by atoms with Crippen molar-refractivity contribution in [3.05, 3.63) is 85.1 Å². The van der Waals surface area contributed by atoms with Crippen molar-refractivity contribution < 1.29 is 52.2 Å². The van der Waals surface area contributed by atoms with Crippen molar-refractivity contribution >= 4 is 25.7 Å². The van der Waals surface area contributed by atoms with E-state index in [-0.39, 0.29) is 25.9 Å². The summed E-state index contributed by atoms with van der Waals surface area (Å²) in [5.41, 5.74) is 0. The molecule has 12 heteroatoms. The van der Waals surface area contributed by atoms with Gasteiger partial charge in [0.1, 0.15) is 12.7 Å². The summed E-state index contributed by atoms with van der Waals surface area (Å²) in [7, 11) is -4.77. The third kappa shape index (κ3) is 57.3. The minimum atomic E-state index is -4.77. The molecule has 0 saturated carbocycles. The van der Waals surface area contributed by atoms with Crippen LogP contribution in [0.2, 0.25) is 0 Å². The highest BCUT2D eigenvalue weighted by Crippen LogP contribution is 2.43. The number of phosphoric acid groups is 1. The highest BCUT2D eigenvalue weighted by molar-refractivity contribution is 7.47. The first-order chi connectivity index (χ1) is 38.2. The second kappa shape index (κ2) is 59.8. The summed E-state index contributed by atoms with van der Waals surface area (Å²) in [6.07, 6.45) is 69.7. The van der Waals surface area contributed by atoms with E-state index in [0.717, 1.165) is 109 Å². The van der Waals surface area contributed by atoms with Gasteiger partial charge in [-0.1, -0.05) is 228 Å². The Morgan fingerprint density at radius 2 is 0.667 bits per heavy atom. The number of carbonyl (C=O) groups excluding carboxylic acids is 3. The standard InChI is InChI=1S/C66H115O11P/c1-4-7-10-13-16-19-22-25-27-29-31-33-35-38-40-43-46-49-52-55-64(68)73-59-63(77-66(70)57-54-51-48-45-42-39-36-34-32-30-28-26-23-20-17-14-11-8-5-2)61-75-78(71,72)74-60-62(58-67)76-65(69)56-53-50-47-44-41-37-24-21-18-15-12-9-6-3/h9,12,17-18,20-21,25-28,32,34,37,41,62-63,67H,4-8,10-11,13-16,19,22-24,29-31,33,35-36,38-40,42-61H2,1-3H3,(H,71,72)/b12-9-,20-17-,21-18-,27-25-,28-26-,34-32-,41-37-. The fourth-order valence-electron chi connectivity index (χ4n) is 8.49. The zero-order valence-electron chi connectivity index (χ0n) is 49.9. The Hall–Kier alpha value is -3.34. The number of phosphoric ester groups is 1. The normalized spacial score (nSPS) is 13.9. The molecule has 0 saturated heterocycles. The van der Waals surface area contributed by atoms with E-state index in [1.165, 1.54) is 109 Å². The number of unbranched alkanes of at least 4 members (excludes halogenated alkanes) is 27. The van der Waals surface area contributed by atoms with Crippen molar-refractivity contribution in [3.63, 3.8) is 0 Å². The molecule has 11 nitrogen and oxygen atoms in total. The first-order valence-corrected chi connectivity index (χ1v) is 33.0. The lowest BCUT2D eigenvalue weighted by Gasteiger charge is -2.21. The number of allylic oxidation sites excluding steroid dienone is 14. The predicted molar refractivity (Wildman–Crippen MR) is 325 cm³/mol. The molecule has 2 N–H and O–H groups in total. The molecule has 0 aromatic heterocycles. The topological polar surface area (TPSA) is 155 Å². The number of ether oxygens (including phenoxy) is 3. The van der Waals surface area contributed by atoms with E-state index < -0.39 is 57.8 Å². The molecule has 0 amide bonds. The Morgan fingerprint density at radius 1 is 0.372 bits per heavy atom. The molecular formula is C66H115O11P. The summed E-state index contributed by atoms with van der Waals surface area (Å²) < 4.78 is 39.6. The summed E-state index contributed by atoms with van der Waals surface area (Å²) in [6.45, 7) is 4.47. The number of rotatable bonds is 58. The molecule has 0 aliphatic rings. The van der Waals surface area contributed by atoms with Crippen LogP contribution in [0.15, 0.2) is 85.1 Å². The lowest BCUT2D eigenvalue weighted by molar-refractivity contribution is -0.161. The Kier molecular flexibility index (Phi) is 57.2. The van der Waals surface area contributed by atoms with Crippen LogP contribution in [-0.2, 0) is 42.2 Å². The molecule has 0 aromatic rings. The Bertz CT molecular complexity index is 1630. The monoisotopic (exact) mass is 1110 g/mol. The van der Waals surface area contributed by atoms with Gasteiger partial charge in [-0.3, -0.25) is 23.4 Å². The maximum absolute atomic E-state index is 12.9. The number of aliphatic hydroxyl groups excluding tert-OH is 1. The van der Waals surface area contributed by atoms with E-state index in [4.69, 9.17) is 23.3 Å². The van der Waals surface area contributed by atoms with Gasteiger partial charge in [-0.2, -0.15) is 0 Å². The first kappa shape index (κ1) is 74.7. The first-order valence-electron chi connectivity index (χ1n) is 31.5. The molecule has 0 aliphatic carbocycles. The fraction of sp³-hybridized carbons (Fsp3) is 0.742. The number of aliphatic hydroxyl groups is 1. The van der Waals surface area contributed by atoms with E-state index in [1.54, 1.807) is 0 Å². The van der Waals surface area contributed by atoms with Gasteiger partial charge < -0.3 is 24.2 Å². The van der Waals surface area contributed by atoms with Crippen LogP contribution in [0.5, 0.6) is 0 Å². The van der Waals surface area contributed by atoms with E-state index >= 15 is 0 Å². The summed E-state index contributed by atoms with van der Waals surface area (Å²) in [4.78, 5) is 48.7. The molecule has 3 atom stereocenters. The molecule has 0 aromatic carbocycles. The second-order valence-electron chi connectivity index (χ2n) is 20.8. The summed E-state index contributed by atoms with van der Waals surface area (Å²) in [6, 6.07) is 0. The van der Waals surface area contributed by atoms with Crippen LogP contribution in [0.4, 0.5) is 0 Å². The molecule has 0 fully saturated rings. The van der Waals surface area contributed by atoms with E-state index in [1.807, 2.05) is 0 Å². The van der Waals surface area contributed by atoms with Gasteiger partial charge in [-0.05, 0) is 116 Å². The highest BCUT2D eigenvalue weighted by atomic mass is 31.2. The van der Waals surface area contributed by atoms with Crippen molar-refractivity contribution in [2.75, 3.05) is 26.4 Å². The van der Waals surface area contributed by atoms with Crippen LogP contribution in [0.1, 0.15) is 278 Å². The second-order valence-corrected chi connectivity index (χ2v) is 22.3. The number of carbonyl (C=O) groups is 3. The van der Waals surface area contributed by atoms with Gasteiger partial charge in [0, 0.05) is 19.3 Å². The maximum atomic E-state index is 12.9. The molecule has 0 heterocycles. The average Bonchev–Trinajstić information content (AvgIpc) is 3.43. The van der Waals surface area contributed by atoms with Crippen molar-refractivity contribution in [2.24, 2.45) is 0 Å². The van der Waals surface area contributed by atoms with E-state index in [9.17, 15) is 28.9 Å². The predicted octanol–water partition coefficient (Wildman–Crippen LogP) is 19.0. The highest BCUT2D eigenvalue weighted by Gasteiger charge is 2.28. The third-order valence-electron chi connectivity index (χ3n) is 13.3. The Morgan fingerprint density at radius 3 is 1.08 bits per heavy atom. The lowest BCUT2D eigenvalue weighted by atomic mass is 10.1. The number of hydrogen-bond donors (Lipinski definition) is 2.